The molecule has 0 fully saturated rings. The molecule has 96 valence electrons. The molecule has 0 bridgehead atoms. The van der Waals surface area contributed by atoms with Crippen LogP contribution >= 0.6 is 12.6 Å². The topological polar surface area (TPSA) is 0 Å². The summed E-state index contributed by atoms with van der Waals surface area (Å²) in [5.41, 5.74) is 6.49. The van der Waals surface area contributed by atoms with Crippen LogP contribution in [0.25, 0.3) is 11.1 Å². The van der Waals surface area contributed by atoms with Crippen molar-refractivity contribution in [2.75, 3.05) is 0 Å². The van der Waals surface area contributed by atoms with Gasteiger partial charge in [0.05, 0.1) is 0 Å². The zero-order valence-corrected chi connectivity index (χ0v) is 12.8. The van der Waals surface area contributed by atoms with Crippen molar-refractivity contribution in [3.63, 3.8) is 0 Å². The van der Waals surface area contributed by atoms with Crippen LogP contribution in [0.4, 0.5) is 0 Å². The summed E-state index contributed by atoms with van der Waals surface area (Å²) < 4.78 is 0. The van der Waals surface area contributed by atoms with Crippen molar-refractivity contribution < 1.29 is 0 Å². The Hall–Kier alpha value is -1.21. The highest BCUT2D eigenvalue weighted by Crippen LogP contribution is 2.34. The highest BCUT2D eigenvalue weighted by atomic mass is 32.1. The summed E-state index contributed by atoms with van der Waals surface area (Å²) in [7, 11) is 0. The molecule has 0 N–H and O–H groups in total. The van der Waals surface area contributed by atoms with Crippen molar-refractivity contribution in [1.29, 1.82) is 0 Å². The van der Waals surface area contributed by atoms with Gasteiger partial charge >= 0.3 is 0 Å². The first-order valence-electron chi connectivity index (χ1n) is 6.46. The van der Waals surface area contributed by atoms with E-state index < -0.39 is 0 Å². The lowest BCUT2D eigenvalue weighted by molar-refractivity contribution is 1.30. The van der Waals surface area contributed by atoms with E-state index in [1.165, 1.54) is 27.8 Å². The molecular weight excluding hydrogens is 236 g/mol. The molecule has 0 nitrogen and oxygen atoms in total. The van der Waals surface area contributed by atoms with Gasteiger partial charge < -0.3 is 0 Å². The third-order valence-electron chi connectivity index (χ3n) is 2.98. The van der Waals surface area contributed by atoms with Crippen LogP contribution in [0.15, 0.2) is 41.3 Å². The molecule has 0 unspecified atom stereocenters. The van der Waals surface area contributed by atoms with E-state index in [1.54, 1.807) is 0 Å². The minimum Gasteiger partial charge on any atom is -0.143 e. The molecule has 0 aliphatic heterocycles. The van der Waals surface area contributed by atoms with Gasteiger partial charge in [0.2, 0.25) is 0 Å². The Morgan fingerprint density at radius 2 is 1.06 bits per heavy atom. The SMILES string of the molecule is CC.Cc1cccc(C)c1-c1c(C)cccc1S. The molecule has 0 saturated heterocycles. The van der Waals surface area contributed by atoms with Crippen molar-refractivity contribution >= 4 is 12.6 Å². The molecule has 18 heavy (non-hydrogen) atoms. The first-order valence-corrected chi connectivity index (χ1v) is 6.91. The Morgan fingerprint density at radius 1 is 0.667 bits per heavy atom. The third-order valence-corrected chi connectivity index (χ3v) is 3.35. The highest BCUT2D eigenvalue weighted by Gasteiger charge is 2.10. The summed E-state index contributed by atoms with van der Waals surface area (Å²) in [6.45, 7) is 10.4. The van der Waals surface area contributed by atoms with Crippen LogP contribution in [-0.4, -0.2) is 0 Å². The first-order chi connectivity index (χ1) is 8.61. The molecule has 2 aromatic rings. The van der Waals surface area contributed by atoms with E-state index in [9.17, 15) is 0 Å². The predicted octanol–water partition coefficient (Wildman–Crippen LogP) is 5.59. The van der Waals surface area contributed by atoms with Crippen molar-refractivity contribution in [2.45, 2.75) is 39.5 Å². The Kier molecular flexibility index (Phi) is 5.49. The van der Waals surface area contributed by atoms with E-state index in [0.717, 1.165) is 4.90 Å². The minimum absolute atomic E-state index is 1.05. The zero-order valence-electron chi connectivity index (χ0n) is 11.9. The number of hydrogen-bond acceptors (Lipinski definition) is 1. The van der Waals surface area contributed by atoms with Crippen LogP contribution in [0.1, 0.15) is 30.5 Å². The standard InChI is InChI=1S/C15H16S.C2H6/c1-10-6-4-7-11(2)14(10)15-12(3)8-5-9-13(15)16;1-2/h4-9,16H,1-3H3;1-2H3. The Morgan fingerprint density at radius 3 is 1.50 bits per heavy atom. The molecule has 0 atom stereocenters. The van der Waals surface area contributed by atoms with Gasteiger partial charge in [0.15, 0.2) is 0 Å². The molecule has 0 radical (unpaired) electrons. The van der Waals surface area contributed by atoms with Gasteiger partial charge in [-0.2, -0.15) is 0 Å². The average molecular weight is 258 g/mol. The van der Waals surface area contributed by atoms with E-state index in [1.807, 2.05) is 13.8 Å². The second kappa shape index (κ2) is 6.65. The van der Waals surface area contributed by atoms with E-state index in [0.29, 0.717) is 0 Å². The highest BCUT2D eigenvalue weighted by molar-refractivity contribution is 7.80. The van der Waals surface area contributed by atoms with Crippen LogP contribution in [0, 0.1) is 20.8 Å². The van der Waals surface area contributed by atoms with Crippen molar-refractivity contribution in [3.8, 4) is 11.1 Å². The lowest BCUT2D eigenvalue weighted by Crippen LogP contribution is -1.91. The van der Waals surface area contributed by atoms with E-state index in [2.05, 4.69) is 69.8 Å². The molecule has 0 saturated carbocycles. The fraction of sp³-hybridized carbons (Fsp3) is 0.294. The molecule has 0 aromatic heterocycles. The maximum Gasteiger partial charge on any atom is 0.0121 e. The fourth-order valence-electron chi connectivity index (χ4n) is 2.19. The first kappa shape index (κ1) is 14.8. The summed E-state index contributed by atoms with van der Waals surface area (Å²) in [4.78, 5) is 1.05. The minimum atomic E-state index is 1.05. The van der Waals surface area contributed by atoms with E-state index in [-0.39, 0.29) is 0 Å². The van der Waals surface area contributed by atoms with Crippen LogP contribution in [-0.2, 0) is 0 Å². The molecular formula is C17H22S. The van der Waals surface area contributed by atoms with Crippen molar-refractivity contribution in [2.24, 2.45) is 0 Å². The molecule has 0 aliphatic rings. The smallest absolute Gasteiger partial charge is 0.0121 e. The quantitative estimate of drug-likeness (QED) is 0.633. The summed E-state index contributed by atoms with van der Waals surface area (Å²) in [6.07, 6.45) is 0. The van der Waals surface area contributed by atoms with Crippen LogP contribution in [0.5, 0.6) is 0 Å². The van der Waals surface area contributed by atoms with Gasteiger partial charge in [0.25, 0.3) is 0 Å². The maximum atomic E-state index is 4.57. The second-order valence-corrected chi connectivity index (χ2v) is 4.72. The summed E-state index contributed by atoms with van der Waals surface area (Å²) >= 11 is 4.57. The number of benzene rings is 2. The van der Waals surface area contributed by atoms with Gasteiger partial charge in [-0.1, -0.05) is 44.2 Å². The van der Waals surface area contributed by atoms with Gasteiger partial charge in [-0.3, -0.25) is 0 Å². The zero-order chi connectivity index (χ0) is 13.7. The number of hydrogen-bond donors (Lipinski definition) is 1. The molecule has 1 heteroatoms. The Labute approximate surface area is 116 Å². The molecule has 0 heterocycles. The summed E-state index contributed by atoms with van der Waals surface area (Å²) in [5.74, 6) is 0. The summed E-state index contributed by atoms with van der Waals surface area (Å²) in [6, 6.07) is 12.7. The lowest BCUT2D eigenvalue weighted by atomic mass is 9.93. The molecule has 2 aromatic carbocycles. The fourth-order valence-corrected chi connectivity index (χ4v) is 2.56. The number of thiol groups is 1. The second-order valence-electron chi connectivity index (χ2n) is 4.24. The van der Waals surface area contributed by atoms with Gasteiger partial charge in [0.1, 0.15) is 0 Å². The predicted molar refractivity (Wildman–Crippen MR) is 84.7 cm³/mol. The van der Waals surface area contributed by atoms with Gasteiger partial charge in [-0.05, 0) is 54.7 Å². The van der Waals surface area contributed by atoms with E-state index >= 15 is 0 Å². The Bertz CT molecular complexity index is 437. The molecule has 2 rings (SSSR count). The molecule has 0 aliphatic carbocycles. The monoisotopic (exact) mass is 258 g/mol. The molecule has 0 spiro atoms. The number of rotatable bonds is 1. The van der Waals surface area contributed by atoms with E-state index in [4.69, 9.17) is 0 Å². The summed E-state index contributed by atoms with van der Waals surface area (Å²) in [5, 5.41) is 0. The molecule has 0 amide bonds. The van der Waals surface area contributed by atoms with Gasteiger partial charge in [0, 0.05) is 4.90 Å². The van der Waals surface area contributed by atoms with Crippen molar-refractivity contribution in [3.05, 3.63) is 53.1 Å². The maximum absolute atomic E-state index is 4.57. The Balaban J connectivity index is 0.000000771. The number of aryl methyl sites for hydroxylation is 3. The van der Waals surface area contributed by atoms with Crippen LogP contribution < -0.4 is 0 Å². The normalized spacial score (nSPS) is 9.67. The van der Waals surface area contributed by atoms with Crippen LogP contribution in [0.2, 0.25) is 0 Å². The lowest BCUT2D eigenvalue weighted by Gasteiger charge is -2.14. The third kappa shape index (κ3) is 2.97. The van der Waals surface area contributed by atoms with Crippen LogP contribution in [0.3, 0.4) is 0 Å². The largest absolute Gasteiger partial charge is 0.143 e. The van der Waals surface area contributed by atoms with Gasteiger partial charge in [-0.15, -0.1) is 12.6 Å². The van der Waals surface area contributed by atoms with Crippen molar-refractivity contribution in [1.82, 2.24) is 0 Å². The van der Waals surface area contributed by atoms with Gasteiger partial charge in [-0.25, -0.2) is 0 Å². The average Bonchev–Trinajstić information content (AvgIpc) is 2.35.